The number of rotatable bonds is 2. The van der Waals surface area contributed by atoms with Gasteiger partial charge >= 0.3 is 0 Å². The van der Waals surface area contributed by atoms with E-state index in [9.17, 15) is 0 Å². The molecule has 0 bridgehead atoms. The number of allylic oxidation sites excluding steroid dienone is 1. The molecule has 7 aromatic carbocycles. The highest BCUT2D eigenvalue weighted by Crippen LogP contribution is 2.49. The van der Waals surface area contributed by atoms with Crippen molar-refractivity contribution in [1.82, 2.24) is 0 Å². The van der Waals surface area contributed by atoms with Crippen LogP contribution in [0.5, 0.6) is 0 Å². The minimum absolute atomic E-state index is 0.938. The van der Waals surface area contributed by atoms with Gasteiger partial charge in [-0.3, -0.25) is 0 Å². The average Bonchev–Trinajstić information content (AvgIpc) is 3.62. The first kappa shape index (κ1) is 22.4. The van der Waals surface area contributed by atoms with Crippen molar-refractivity contribution in [2.45, 2.75) is 12.8 Å². The SMILES string of the molecule is C1=Cc2c(oc3c(-c4c5ccccc5c(-c5cc6cccc7oc8cccc5c8c67)c5ccccc45)cccc23)CC1. The van der Waals surface area contributed by atoms with Gasteiger partial charge in [0.25, 0.3) is 0 Å². The molecular formula is C40H24O2. The normalized spacial score (nSPS) is 13.4. The van der Waals surface area contributed by atoms with Crippen molar-refractivity contribution >= 4 is 71.3 Å². The molecule has 2 nitrogen and oxygen atoms in total. The van der Waals surface area contributed by atoms with Gasteiger partial charge < -0.3 is 8.83 Å². The number of hydrogen-bond acceptors (Lipinski definition) is 2. The fourth-order valence-electron chi connectivity index (χ4n) is 7.56. The van der Waals surface area contributed by atoms with E-state index in [1.807, 2.05) is 0 Å². The molecule has 0 N–H and O–H groups in total. The third-order valence-electron chi connectivity index (χ3n) is 9.27. The molecule has 1 aliphatic carbocycles. The molecule has 0 atom stereocenters. The molecule has 0 aliphatic heterocycles. The monoisotopic (exact) mass is 536 g/mol. The smallest absolute Gasteiger partial charge is 0.142 e. The van der Waals surface area contributed by atoms with E-state index in [1.54, 1.807) is 0 Å². The summed E-state index contributed by atoms with van der Waals surface area (Å²) in [6.07, 6.45) is 6.46. The number of furan rings is 2. The molecular weight excluding hydrogens is 512 g/mol. The molecule has 0 saturated heterocycles. The molecule has 196 valence electrons. The Hall–Kier alpha value is -5.34. The summed E-state index contributed by atoms with van der Waals surface area (Å²) >= 11 is 0. The molecule has 0 amide bonds. The van der Waals surface area contributed by atoms with Gasteiger partial charge in [0.1, 0.15) is 22.5 Å². The van der Waals surface area contributed by atoms with Crippen molar-refractivity contribution in [2.24, 2.45) is 0 Å². The second-order valence-corrected chi connectivity index (χ2v) is 11.5. The molecule has 9 aromatic rings. The Kier molecular flexibility index (Phi) is 4.32. The van der Waals surface area contributed by atoms with Crippen molar-refractivity contribution in [3.05, 3.63) is 127 Å². The Bertz CT molecular complexity index is 2520. The summed E-state index contributed by atoms with van der Waals surface area (Å²) < 4.78 is 13.0. The Morgan fingerprint density at radius 2 is 1.12 bits per heavy atom. The fraction of sp³-hybridized carbons (Fsp3) is 0.0500. The van der Waals surface area contributed by atoms with E-state index in [-0.39, 0.29) is 0 Å². The van der Waals surface area contributed by atoms with Crippen LogP contribution in [0.4, 0.5) is 0 Å². The van der Waals surface area contributed by atoms with Gasteiger partial charge in [-0.1, -0.05) is 103 Å². The van der Waals surface area contributed by atoms with Crippen molar-refractivity contribution in [3.8, 4) is 22.3 Å². The van der Waals surface area contributed by atoms with E-state index in [0.717, 1.165) is 40.9 Å². The lowest BCUT2D eigenvalue weighted by Crippen LogP contribution is -1.92. The second-order valence-electron chi connectivity index (χ2n) is 11.5. The zero-order valence-electron chi connectivity index (χ0n) is 22.8. The van der Waals surface area contributed by atoms with Crippen LogP contribution < -0.4 is 0 Å². The minimum atomic E-state index is 0.938. The topological polar surface area (TPSA) is 26.3 Å². The number of fused-ring (bicyclic) bond motifs is 5. The maximum atomic E-state index is 6.65. The van der Waals surface area contributed by atoms with Gasteiger partial charge in [0.15, 0.2) is 0 Å². The highest BCUT2D eigenvalue weighted by molar-refractivity contribution is 6.30. The third-order valence-corrected chi connectivity index (χ3v) is 9.27. The molecule has 0 radical (unpaired) electrons. The van der Waals surface area contributed by atoms with E-state index in [4.69, 9.17) is 8.83 Å². The van der Waals surface area contributed by atoms with Gasteiger partial charge in [-0.05, 0) is 68.1 Å². The summed E-state index contributed by atoms with van der Waals surface area (Å²) in [5.74, 6) is 1.09. The summed E-state index contributed by atoms with van der Waals surface area (Å²) in [5.41, 5.74) is 8.96. The van der Waals surface area contributed by atoms with Crippen LogP contribution in [0.1, 0.15) is 17.7 Å². The van der Waals surface area contributed by atoms with E-state index >= 15 is 0 Å². The lowest BCUT2D eigenvalue weighted by molar-refractivity contribution is 0.547. The van der Waals surface area contributed by atoms with Gasteiger partial charge in [0.2, 0.25) is 0 Å². The molecule has 0 saturated carbocycles. The highest BCUT2D eigenvalue weighted by Gasteiger charge is 2.24. The molecule has 1 aliphatic rings. The largest absolute Gasteiger partial charge is 0.460 e. The predicted molar refractivity (Wildman–Crippen MR) is 175 cm³/mol. The first-order valence-electron chi connectivity index (χ1n) is 14.7. The maximum Gasteiger partial charge on any atom is 0.142 e. The Labute approximate surface area is 241 Å². The van der Waals surface area contributed by atoms with Crippen molar-refractivity contribution in [2.75, 3.05) is 0 Å². The average molecular weight is 537 g/mol. The van der Waals surface area contributed by atoms with Crippen LogP contribution >= 0.6 is 0 Å². The van der Waals surface area contributed by atoms with Gasteiger partial charge in [-0.15, -0.1) is 0 Å². The Morgan fingerprint density at radius 1 is 0.500 bits per heavy atom. The summed E-state index contributed by atoms with van der Waals surface area (Å²) in [6.45, 7) is 0. The maximum absolute atomic E-state index is 6.65. The Morgan fingerprint density at radius 3 is 1.88 bits per heavy atom. The lowest BCUT2D eigenvalue weighted by atomic mass is 9.83. The third kappa shape index (κ3) is 2.84. The standard InChI is InChI=1S/C40H24O2/c1-3-14-27-25(12-1)37(31-18-8-17-30-24-11-5-6-19-33(24)42-40(30)31)26-13-2-4-15-28(26)38(27)32-22-23-10-7-20-34-36(23)39-29(32)16-9-21-35(39)41-34/h1-5,7-18,20-22H,6,19H2. The van der Waals surface area contributed by atoms with E-state index < -0.39 is 0 Å². The van der Waals surface area contributed by atoms with E-state index in [1.165, 1.54) is 70.7 Å². The van der Waals surface area contributed by atoms with Gasteiger partial charge in [0.05, 0.1) is 0 Å². The highest BCUT2D eigenvalue weighted by atomic mass is 16.3. The summed E-state index contributed by atoms with van der Waals surface area (Å²) in [7, 11) is 0. The zero-order valence-corrected chi connectivity index (χ0v) is 22.8. The summed E-state index contributed by atoms with van der Waals surface area (Å²) in [6, 6.07) is 39.5. The van der Waals surface area contributed by atoms with Crippen molar-refractivity contribution in [3.63, 3.8) is 0 Å². The molecule has 10 rings (SSSR count). The number of para-hydroxylation sites is 1. The van der Waals surface area contributed by atoms with E-state index in [0.29, 0.717) is 0 Å². The first-order valence-corrected chi connectivity index (χ1v) is 14.7. The van der Waals surface area contributed by atoms with Crippen LogP contribution in [0.25, 0.3) is 93.6 Å². The molecule has 0 spiro atoms. The molecule has 0 unspecified atom stereocenters. The van der Waals surface area contributed by atoms with E-state index in [2.05, 4.69) is 121 Å². The van der Waals surface area contributed by atoms with Crippen LogP contribution in [-0.2, 0) is 6.42 Å². The molecule has 2 aromatic heterocycles. The summed E-state index contributed by atoms with van der Waals surface area (Å²) in [5, 5.41) is 11.0. The fourth-order valence-corrected chi connectivity index (χ4v) is 7.56. The summed E-state index contributed by atoms with van der Waals surface area (Å²) in [4.78, 5) is 0. The van der Waals surface area contributed by atoms with Crippen LogP contribution in [0.3, 0.4) is 0 Å². The van der Waals surface area contributed by atoms with Crippen molar-refractivity contribution in [1.29, 1.82) is 0 Å². The van der Waals surface area contributed by atoms with Gasteiger partial charge in [-0.25, -0.2) is 0 Å². The van der Waals surface area contributed by atoms with Crippen LogP contribution in [0, 0.1) is 0 Å². The Balaban J connectivity index is 1.38. The lowest BCUT2D eigenvalue weighted by Gasteiger charge is -2.19. The zero-order chi connectivity index (χ0) is 27.4. The quantitative estimate of drug-likeness (QED) is 0.162. The van der Waals surface area contributed by atoms with Crippen LogP contribution in [0.15, 0.2) is 124 Å². The van der Waals surface area contributed by atoms with Crippen LogP contribution in [0.2, 0.25) is 0 Å². The molecule has 2 heteroatoms. The van der Waals surface area contributed by atoms with Crippen molar-refractivity contribution < 1.29 is 8.83 Å². The predicted octanol–water partition coefficient (Wildman–Crippen LogP) is 11.5. The second kappa shape index (κ2) is 8.11. The van der Waals surface area contributed by atoms with Gasteiger partial charge in [-0.2, -0.15) is 0 Å². The van der Waals surface area contributed by atoms with Crippen LogP contribution in [-0.4, -0.2) is 0 Å². The molecule has 42 heavy (non-hydrogen) atoms. The number of aryl methyl sites for hydroxylation is 1. The number of hydrogen-bond donors (Lipinski definition) is 0. The van der Waals surface area contributed by atoms with Gasteiger partial charge in [0, 0.05) is 39.3 Å². The first-order chi connectivity index (χ1) is 20.8. The minimum Gasteiger partial charge on any atom is -0.460 e. The molecule has 2 heterocycles. The number of benzene rings is 7. The molecule has 0 fully saturated rings.